The molecule has 0 saturated heterocycles. The van der Waals surface area contributed by atoms with Crippen molar-refractivity contribution in [3.05, 3.63) is 0 Å². The fraction of sp³-hybridized carbons (Fsp3) is 0.846. The van der Waals surface area contributed by atoms with E-state index >= 15 is 0 Å². The van der Waals surface area contributed by atoms with Crippen LogP contribution in [-0.2, 0) is 4.79 Å². The number of nitrogens with zero attached hydrogens (tertiary/aromatic N) is 1. The Morgan fingerprint density at radius 1 is 1.35 bits per heavy atom. The Kier molecular flexibility index (Phi) is 8.43. The molecule has 0 aliphatic carbocycles. The number of hydrogen-bond donors (Lipinski definition) is 2. The van der Waals surface area contributed by atoms with Gasteiger partial charge in [-0.25, -0.2) is 0 Å². The van der Waals surface area contributed by atoms with Crippen molar-refractivity contribution in [2.24, 2.45) is 17.6 Å². The van der Waals surface area contributed by atoms with E-state index in [4.69, 9.17) is 11.0 Å². The van der Waals surface area contributed by atoms with Crippen molar-refractivity contribution in [2.75, 3.05) is 6.54 Å². The fourth-order valence-electron chi connectivity index (χ4n) is 1.88. The van der Waals surface area contributed by atoms with Gasteiger partial charge in [0.05, 0.1) is 12.5 Å². The van der Waals surface area contributed by atoms with E-state index in [1.807, 2.05) is 13.0 Å². The van der Waals surface area contributed by atoms with Gasteiger partial charge >= 0.3 is 0 Å². The number of rotatable bonds is 8. The number of nitriles is 1. The van der Waals surface area contributed by atoms with Crippen LogP contribution in [0.4, 0.5) is 0 Å². The summed E-state index contributed by atoms with van der Waals surface area (Å²) in [5.74, 6) is 1.11. The molecule has 0 radical (unpaired) electrons. The molecule has 1 amide bonds. The van der Waals surface area contributed by atoms with Crippen LogP contribution in [0, 0.1) is 23.2 Å². The first kappa shape index (κ1) is 15.9. The zero-order valence-corrected chi connectivity index (χ0v) is 11.2. The Hall–Kier alpha value is -1.08. The number of carbonyl (C=O) groups excluding carboxylic acids is 1. The molecule has 3 N–H and O–H groups in total. The molecule has 17 heavy (non-hydrogen) atoms. The zero-order chi connectivity index (χ0) is 13.3. The minimum Gasteiger partial charge on any atom is -0.353 e. The molecule has 0 aromatic heterocycles. The van der Waals surface area contributed by atoms with Gasteiger partial charge in [-0.1, -0.05) is 13.8 Å². The molecule has 0 bridgehead atoms. The lowest BCUT2D eigenvalue weighted by Gasteiger charge is -2.20. The second-order valence-electron chi connectivity index (χ2n) is 4.95. The number of amides is 1. The summed E-state index contributed by atoms with van der Waals surface area (Å²) in [5.41, 5.74) is 5.56. The van der Waals surface area contributed by atoms with Crippen LogP contribution < -0.4 is 11.1 Å². The van der Waals surface area contributed by atoms with Crippen molar-refractivity contribution in [1.82, 2.24) is 5.32 Å². The second-order valence-corrected chi connectivity index (χ2v) is 4.95. The van der Waals surface area contributed by atoms with Gasteiger partial charge in [0, 0.05) is 12.5 Å². The summed E-state index contributed by atoms with van der Waals surface area (Å²) < 4.78 is 0. The van der Waals surface area contributed by atoms with Gasteiger partial charge in [0.1, 0.15) is 0 Å². The lowest BCUT2D eigenvalue weighted by Crippen LogP contribution is -2.32. The van der Waals surface area contributed by atoms with E-state index in [0.717, 1.165) is 12.8 Å². The first-order chi connectivity index (χ1) is 8.01. The molecule has 98 valence electrons. The molecular formula is C13H25N3O. The van der Waals surface area contributed by atoms with E-state index in [9.17, 15) is 4.79 Å². The van der Waals surface area contributed by atoms with Gasteiger partial charge < -0.3 is 11.1 Å². The van der Waals surface area contributed by atoms with E-state index in [2.05, 4.69) is 19.2 Å². The number of nitrogens with one attached hydrogen (secondary N) is 1. The second kappa shape index (κ2) is 9.00. The van der Waals surface area contributed by atoms with Crippen molar-refractivity contribution in [3.8, 4) is 6.07 Å². The highest BCUT2D eigenvalue weighted by Crippen LogP contribution is 2.20. The Morgan fingerprint density at radius 3 is 2.47 bits per heavy atom. The largest absolute Gasteiger partial charge is 0.353 e. The SMILES string of the molecule is CC(CC#N)NC(=O)CCC(CCN)C(C)C. The molecule has 0 rings (SSSR count). The standard InChI is InChI=1S/C13H25N3O/c1-10(2)12(7-9-15)4-5-13(17)16-11(3)6-8-14/h10-12H,4-7,9,15H2,1-3H3,(H,16,17). The van der Waals surface area contributed by atoms with E-state index in [0.29, 0.717) is 31.2 Å². The molecule has 0 spiro atoms. The number of nitrogens with two attached hydrogens (primary N) is 1. The quantitative estimate of drug-likeness (QED) is 0.678. The van der Waals surface area contributed by atoms with Gasteiger partial charge in [-0.15, -0.1) is 0 Å². The monoisotopic (exact) mass is 239 g/mol. The van der Waals surface area contributed by atoms with Crippen LogP contribution in [0.15, 0.2) is 0 Å². The van der Waals surface area contributed by atoms with Gasteiger partial charge in [-0.3, -0.25) is 4.79 Å². The molecule has 4 nitrogen and oxygen atoms in total. The van der Waals surface area contributed by atoms with Crippen LogP contribution in [0.25, 0.3) is 0 Å². The number of hydrogen-bond acceptors (Lipinski definition) is 3. The Balaban J connectivity index is 3.92. The predicted octanol–water partition coefficient (Wildman–Crippen LogP) is 1.81. The summed E-state index contributed by atoms with van der Waals surface area (Å²) in [4.78, 5) is 11.6. The highest BCUT2D eigenvalue weighted by molar-refractivity contribution is 5.76. The molecule has 4 heteroatoms. The van der Waals surface area contributed by atoms with Crippen LogP contribution in [0.5, 0.6) is 0 Å². The molecule has 0 heterocycles. The van der Waals surface area contributed by atoms with Crippen LogP contribution in [0.2, 0.25) is 0 Å². The van der Waals surface area contributed by atoms with E-state index in [1.54, 1.807) is 0 Å². The van der Waals surface area contributed by atoms with Crippen molar-refractivity contribution in [2.45, 2.75) is 52.5 Å². The van der Waals surface area contributed by atoms with Crippen LogP contribution in [0.1, 0.15) is 46.5 Å². The van der Waals surface area contributed by atoms with Crippen LogP contribution >= 0.6 is 0 Å². The summed E-state index contributed by atoms with van der Waals surface area (Å²) in [7, 11) is 0. The Morgan fingerprint density at radius 2 is 2.00 bits per heavy atom. The molecular weight excluding hydrogens is 214 g/mol. The zero-order valence-electron chi connectivity index (χ0n) is 11.2. The van der Waals surface area contributed by atoms with E-state index in [1.165, 1.54) is 0 Å². The highest BCUT2D eigenvalue weighted by atomic mass is 16.1. The average molecular weight is 239 g/mol. The summed E-state index contributed by atoms with van der Waals surface area (Å²) >= 11 is 0. The van der Waals surface area contributed by atoms with E-state index < -0.39 is 0 Å². The number of carbonyl (C=O) groups is 1. The van der Waals surface area contributed by atoms with Gasteiger partial charge in [0.25, 0.3) is 0 Å². The van der Waals surface area contributed by atoms with Crippen molar-refractivity contribution in [3.63, 3.8) is 0 Å². The van der Waals surface area contributed by atoms with Crippen molar-refractivity contribution in [1.29, 1.82) is 5.26 Å². The van der Waals surface area contributed by atoms with Crippen LogP contribution in [0.3, 0.4) is 0 Å². The summed E-state index contributed by atoms with van der Waals surface area (Å²) in [6.07, 6.45) is 2.74. The smallest absolute Gasteiger partial charge is 0.220 e. The molecule has 0 saturated carbocycles. The lowest BCUT2D eigenvalue weighted by atomic mass is 9.88. The fourth-order valence-corrected chi connectivity index (χ4v) is 1.88. The minimum atomic E-state index is -0.0560. The molecule has 2 unspecified atom stereocenters. The summed E-state index contributed by atoms with van der Waals surface area (Å²) in [6, 6.07) is 1.99. The third-order valence-electron chi connectivity index (χ3n) is 3.03. The molecule has 0 aromatic rings. The predicted molar refractivity (Wildman–Crippen MR) is 69.1 cm³/mol. The van der Waals surface area contributed by atoms with Gasteiger partial charge in [-0.2, -0.15) is 5.26 Å². The third kappa shape index (κ3) is 7.76. The van der Waals surface area contributed by atoms with Gasteiger partial charge in [0.15, 0.2) is 0 Å². The maximum Gasteiger partial charge on any atom is 0.220 e. The van der Waals surface area contributed by atoms with Crippen molar-refractivity contribution < 1.29 is 4.79 Å². The molecule has 0 fully saturated rings. The first-order valence-electron chi connectivity index (χ1n) is 6.37. The average Bonchev–Trinajstić information content (AvgIpc) is 2.23. The minimum absolute atomic E-state index is 0.0374. The van der Waals surface area contributed by atoms with E-state index in [-0.39, 0.29) is 11.9 Å². The van der Waals surface area contributed by atoms with Gasteiger partial charge in [0.2, 0.25) is 5.91 Å². The maximum atomic E-state index is 11.6. The molecule has 0 aliphatic heterocycles. The Bertz CT molecular complexity index is 258. The molecule has 0 aromatic carbocycles. The Labute approximate surface area is 105 Å². The summed E-state index contributed by atoms with van der Waals surface area (Å²) in [5, 5.41) is 11.3. The highest BCUT2D eigenvalue weighted by Gasteiger charge is 2.15. The molecule has 2 atom stereocenters. The first-order valence-corrected chi connectivity index (χ1v) is 6.37. The third-order valence-corrected chi connectivity index (χ3v) is 3.03. The molecule has 0 aliphatic rings. The normalized spacial score (nSPS) is 14.1. The maximum absolute atomic E-state index is 11.6. The van der Waals surface area contributed by atoms with Crippen molar-refractivity contribution >= 4 is 5.91 Å². The topological polar surface area (TPSA) is 78.9 Å². The van der Waals surface area contributed by atoms with Crippen LogP contribution in [-0.4, -0.2) is 18.5 Å². The lowest BCUT2D eigenvalue weighted by molar-refractivity contribution is -0.122. The summed E-state index contributed by atoms with van der Waals surface area (Å²) in [6.45, 7) is 6.85. The van der Waals surface area contributed by atoms with Gasteiger partial charge in [-0.05, 0) is 38.1 Å².